The molecule has 2 aromatic heterocycles. The van der Waals surface area contributed by atoms with E-state index in [1.54, 1.807) is 25.8 Å². The number of benzene rings is 1. The fourth-order valence-corrected chi connectivity index (χ4v) is 3.83. The summed E-state index contributed by atoms with van der Waals surface area (Å²) in [5, 5.41) is 12.5. The number of methoxy groups -OCH3 is 2. The Bertz CT molecular complexity index is 1020. The molecule has 2 N–H and O–H groups in total. The predicted octanol–water partition coefficient (Wildman–Crippen LogP) is 2.76. The van der Waals surface area contributed by atoms with Gasteiger partial charge in [-0.3, -0.25) is 4.79 Å². The molecule has 0 spiro atoms. The summed E-state index contributed by atoms with van der Waals surface area (Å²) in [6.45, 7) is 1.01. The van der Waals surface area contributed by atoms with Crippen LogP contribution in [-0.2, 0) is 4.79 Å². The molecule has 0 saturated carbocycles. The van der Waals surface area contributed by atoms with Crippen LogP contribution in [0.2, 0.25) is 0 Å². The van der Waals surface area contributed by atoms with E-state index in [-0.39, 0.29) is 0 Å². The lowest BCUT2D eigenvalue weighted by atomic mass is 10.1. The monoisotopic (exact) mass is 401 g/mol. The first-order valence-corrected chi connectivity index (χ1v) is 9.55. The summed E-state index contributed by atoms with van der Waals surface area (Å²) in [7, 11) is 3.16. The first kappa shape index (κ1) is 18.2. The lowest BCUT2D eigenvalue weighted by Gasteiger charge is -2.17. The van der Waals surface area contributed by atoms with E-state index in [1.807, 2.05) is 17.0 Å². The summed E-state index contributed by atoms with van der Waals surface area (Å²) < 4.78 is 10.6. The molecular formula is C18H19N5O4S. The summed E-state index contributed by atoms with van der Waals surface area (Å²) in [5.74, 6) is 1.11. The van der Waals surface area contributed by atoms with Crippen LogP contribution < -0.4 is 19.7 Å². The average Bonchev–Trinajstić information content (AvgIpc) is 3.37. The quantitative estimate of drug-likeness (QED) is 0.644. The number of anilines is 3. The summed E-state index contributed by atoms with van der Waals surface area (Å²) in [6, 6.07) is 5.48. The van der Waals surface area contributed by atoms with Crippen molar-refractivity contribution in [3.63, 3.8) is 0 Å². The van der Waals surface area contributed by atoms with Crippen molar-refractivity contribution in [2.45, 2.75) is 6.42 Å². The van der Waals surface area contributed by atoms with Crippen molar-refractivity contribution in [1.29, 1.82) is 0 Å². The molecule has 1 aliphatic rings. The predicted molar refractivity (Wildman–Crippen MR) is 106 cm³/mol. The van der Waals surface area contributed by atoms with E-state index < -0.39 is 11.9 Å². The van der Waals surface area contributed by atoms with Crippen molar-refractivity contribution in [2.75, 3.05) is 37.5 Å². The van der Waals surface area contributed by atoms with Crippen molar-refractivity contribution < 1.29 is 19.4 Å². The van der Waals surface area contributed by atoms with Crippen molar-refractivity contribution in [3.05, 3.63) is 23.7 Å². The number of aromatic nitrogens is 3. The van der Waals surface area contributed by atoms with Gasteiger partial charge in [-0.25, -0.2) is 4.98 Å². The maximum atomic E-state index is 11.3. The zero-order valence-corrected chi connectivity index (χ0v) is 16.2. The number of fused-ring (bicyclic) bond motifs is 1. The smallest absolute Gasteiger partial charge is 0.308 e. The summed E-state index contributed by atoms with van der Waals surface area (Å²) in [6.07, 6.45) is 0.581. The van der Waals surface area contributed by atoms with Crippen LogP contribution in [0, 0.1) is 5.92 Å². The molecule has 1 aromatic carbocycles. The van der Waals surface area contributed by atoms with Gasteiger partial charge in [-0.1, -0.05) is 0 Å². The van der Waals surface area contributed by atoms with E-state index in [9.17, 15) is 9.90 Å². The number of aliphatic carboxylic acids is 1. The molecule has 9 nitrogen and oxygen atoms in total. The molecule has 1 saturated heterocycles. The van der Waals surface area contributed by atoms with Gasteiger partial charge in [0, 0.05) is 24.8 Å². The largest absolute Gasteiger partial charge is 0.493 e. The number of hydrogen-bond acceptors (Lipinski definition) is 9. The van der Waals surface area contributed by atoms with E-state index in [2.05, 4.69) is 20.3 Å². The van der Waals surface area contributed by atoms with E-state index in [0.717, 1.165) is 10.5 Å². The zero-order valence-electron chi connectivity index (χ0n) is 15.4. The van der Waals surface area contributed by atoms with E-state index in [1.165, 1.54) is 11.3 Å². The third-order valence-corrected chi connectivity index (χ3v) is 5.37. The van der Waals surface area contributed by atoms with Gasteiger partial charge in [-0.2, -0.15) is 9.97 Å². The van der Waals surface area contributed by atoms with E-state index >= 15 is 0 Å². The van der Waals surface area contributed by atoms with Crippen LogP contribution in [0.5, 0.6) is 11.5 Å². The standard InChI is InChI=1S/C18H19N5O4S/c1-26-12-4-3-11(7-13(12)27-2)20-15-14-16(28-9-19-14)22-18(21-15)23-6-5-10(8-23)17(24)25/h3-4,7,9-10H,5-6,8H2,1-2H3,(H,24,25)(H,20,21,22). The van der Waals surface area contributed by atoms with Gasteiger partial charge in [0.25, 0.3) is 0 Å². The average molecular weight is 401 g/mol. The van der Waals surface area contributed by atoms with Crippen LogP contribution in [0.4, 0.5) is 17.5 Å². The molecule has 1 atom stereocenters. The highest BCUT2D eigenvalue weighted by atomic mass is 32.1. The van der Waals surface area contributed by atoms with Crippen molar-refractivity contribution in [3.8, 4) is 11.5 Å². The van der Waals surface area contributed by atoms with Crippen molar-refractivity contribution >= 4 is 45.1 Å². The van der Waals surface area contributed by atoms with Gasteiger partial charge in [0.1, 0.15) is 5.52 Å². The number of carboxylic acids is 1. The number of carbonyl (C=O) groups is 1. The highest BCUT2D eigenvalue weighted by Gasteiger charge is 2.30. The minimum Gasteiger partial charge on any atom is -0.493 e. The third kappa shape index (κ3) is 3.38. The number of rotatable bonds is 6. The molecule has 1 fully saturated rings. The summed E-state index contributed by atoms with van der Waals surface area (Å²) >= 11 is 1.42. The number of nitrogens with one attached hydrogen (secondary N) is 1. The fraction of sp³-hybridized carbons (Fsp3) is 0.333. The Morgan fingerprint density at radius 1 is 1.29 bits per heavy atom. The lowest BCUT2D eigenvalue weighted by molar-refractivity contribution is -0.140. The second-order valence-corrected chi connectivity index (χ2v) is 7.18. The molecule has 0 aliphatic carbocycles. The molecule has 28 heavy (non-hydrogen) atoms. The molecule has 1 aliphatic heterocycles. The maximum absolute atomic E-state index is 11.3. The molecule has 0 amide bonds. The third-order valence-electron chi connectivity index (χ3n) is 4.65. The Kier molecular flexibility index (Phi) is 4.86. The Morgan fingerprint density at radius 3 is 2.82 bits per heavy atom. The molecule has 10 heteroatoms. The van der Waals surface area contributed by atoms with Crippen LogP contribution in [0.15, 0.2) is 23.7 Å². The second-order valence-electron chi connectivity index (χ2n) is 6.34. The van der Waals surface area contributed by atoms with Gasteiger partial charge in [-0.15, -0.1) is 11.3 Å². The van der Waals surface area contributed by atoms with Gasteiger partial charge in [0.2, 0.25) is 5.95 Å². The van der Waals surface area contributed by atoms with Crippen molar-refractivity contribution in [2.24, 2.45) is 5.92 Å². The maximum Gasteiger partial charge on any atom is 0.308 e. The van der Waals surface area contributed by atoms with Crippen LogP contribution in [0.3, 0.4) is 0 Å². The highest BCUT2D eigenvalue weighted by molar-refractivity contribution is 7.16. The van der Waals surface area contributed by atoms with Gasteiger partial charge in [0.15, 0.2) is 22.1 Å². The summed E-state index contributed by atoms with van der Waals surface area (Å²) in [4.78, 5) is 27.5. The first-order valence-electron chi connectivity index (χ1n) is 8.67. The topological polar surface area (TPSA) is 110 Å². The van der Waals surface area contributed by atoms with Gasteiger partial charge in [0.05, 0.1) is 25.6 Å². The molecule has 0 radical (unpaired) electrons. The SMILES string of the molecule is COc1ccc(Nc2nc(N3CCC(C(=O)O)C3)nc3scnc23)cc1OC. The van der Waals surface area contributed by atoms with Gasteiger partial charge < -0.3 is 24.8 Å². The summed E-state index contributed by atoms with van der Waals surface area (Å²) in [5.41, 5.74) is 3.14. The molecule has 3 aromatic rings. The van der Waals surface area contributed by atoms with Crippen LogP contribution in [0.25, 0.3) is 10.3 Å². The minimum atomic E-state index is -0.787. The Hall–Kier alpha value is -3.14. The van der Waals surface area contributed by atoms with E-state index in [4.69, 9.17) is 9.47 Å². The van der Waals surface area contributed by atoms with Gasteiger partial charge in [-0.05, 0) is 18.6 Å². The Balaban J connectivity index is 1.67. The molecule has 0 bridgehead atoms. The van der Waals surface area contributed by atoms with Crippen LogP contribution >= 0.6 is 11.3 Å². The number of hydrogen-bond donors (Lipinski definition) is 2. The zero-order chi connectivity index (χ0) is 19.7. The highest BCUT2D eigenvalue weighted by Crippen LogP contribution is 2.33. The molecule has 3 heterocycles. The lowest BCUT2D eigenvalue weighted by Crippen LogP contribution is -2.24. The van der Waals surface area contributed by atoms with Crippen LogP contribution in [0.1, 0.15) is 6.42 Å². The number of nitrogens with zero attached hydrogens (tertiary/aromatic N) is 4. The molecule has 4 rings (SSSR count). The number of ether oxygens (including phenoxy) is 2. The molecule has 1 unspecified atom stereocenters. The normalized spacial score (nSPS) is 16.4. The molecular weight excluding hydrogens is 382 g/mol. The van der Waals surface area contributed by atoms with Crippen LogP contribution in [-0.4, -0.2) is 53.3 Å². The Morgan fingerprint density at radius 2 is 2.11 bits per heavy atom. The number of thiazole rings is 1. The second kappa shape index (κ2) is 7.47. The minimum absolute atomic E-state index is 0.398. The van der Waals surface area contributed by atoms with E-state index in [0.29, 0.717) is 48.3 Å². The van der Waals surface area contributed by atoms with Gasteiger partial charge >= 0.3 is 5.97 Å². The fourth-order valence-electron chi connectivity index (χ4n) is 3.17. The first-order chi connectivity index (χ1) is 13.6. The molecule has 146 valence electrons. The van der Waals surface area contributed by atoms with Crippen molar-refractivity contribution in [1.82, 2.24) is 15.0 Å². The Labute approximate surface area is 165 Å². The number of carboxylic acid groups (broad SMARTS) is 1.